The van der Waals surface area contributed by atoms with Gasteiger partial charge in [0.25, 0.3) is 5.91 Å². The first-order valence-corrected chi connectivity index (χ1v) is 6.46. The molecule has 0 fully saturated rings. The predicted molar refractivity (Wildman–Crippen MR) is 80.0 cm³/mol. The van der Waals surface area contributed by atoms with E-state index in [0.29, 0.717) is 15.7 Å². The second-order valence-electron chi connectivity index (χ2n) is 4.24. The number of carbonyl (C=O) groups is 1. The third-order valence-electron chi connectivity index (χ3n) is 2.78. The average Bonchev–Trinajstić information content (AvgIpc) is 2.42. The smallest absolute Gasteiger partial charge is 0.255 e. The first kappa shape index (κ1) is 14.6. The van der Waals surface area contributed by atoms with E-state index in [4.69, 9.17) is 28.9 Å². The summed E-state index contributed by atoms with van der Waals surface area (Å²) in [4.78, 5) is 12.1. The number of hydrogen-bond acceptors (Lipinski definition) is 2. The lowest BCUT2D eigenvalue weighted by atomic mass is 10.1. The highest BCUT2D eigenvalue weighted by atomic mass is 35.5. The zero-order valence-corrected chi connectivity index (χ0v) is 12.0. The van der Waals surface area contributed by atoms with Crippen LogP contribution in [0.5, 0.6) is 0 Å². The van der Waals surface area contributed by atoms with Crippen LogP contribution in [-0.2, 0) is 0 Å². The van der Waals surface area contributed by atoms with Gasteiger partial charge in [0.15, 0.2) is 0 Å². The van der Waals surface area contributed by atoms with Gasteiger partial charge >= 0.3 is 0 Å². The Morgan fingerprint density at radius 3 is 2.60 bits per heavy atom. The normalized spacial score (nSPS) is 10.4. The minimum absolute atomic E-state index is 0.0981. The van der Waals surface area contributed by atoms with Crippen LogP contribution in [0.2, 0.25) is 10.0 Å². The lowest BCUT2D eigenvalue weighted by molar-refractivity contribution is 0.102. The molecule has 0 saturated heterocycles. The van der Waals surface area contributed by atoms with E-state index in [-0.39, 0.29) is 11.3 Å². The quantitative estimate of drug-likeness (QED) is 0.813. The van der Waals surface area contributed by atoms with Crippen molar-refractivity contribution in [2.75, 3.05) is 11.1 Å². The molecule has 104 valence electrons. The number of aryl methyl sites for hydroxylation is 1. The topological polar surface area (TPSA) is 55.1 Å². The second-order valence-corrected chi connectivity index (χ2v) is 5.03. The van der Waals surface area contributed by atoms with Gasteiger partial charge in [-0.1, -0.05) is 29.3 Å². The fraction of sp³-hybridized carbons (Fsp3) is 0.0714. The fourth-order valence-electron chi connectivity index (χ4n) is 1.64. The number of nitrogens with one attached hydrogen (secondary N) is 1. The van der Waals surface area contributed by atoms with Gasteiger partial charge in [0.1, 0.15) is 5.82 Å². The second kappa shape index (κ2) is 5.69. The van der Waals surface area contributed by atoms with E-state index in [2.05, 4.69) is 5.32 Å². The Morgan fingerprint density at radius 2 is 1.95 bits per heavy atom. The van der Waals surface area contributed by atoms with Crippen LogP contribution in [0.4, 0.5) is 15.8 Å². The van der Waals surface area contributed by atoms with Crippen molar-refractivity contribution in [1.82, 2.24) is 0 Å². The largest absolute Gasteiger partial charge is 0.396 e. The Hall–Kier alpha value is -1.78. The minimum atomic E-state index is -0.576. The number of nitrogen functional groups attached to an aromatic ring is 1. The maximum atomic E-state index is 13.1. The number of carbonyl (C=O) groups excluding carboxylic acids is 1. The number of amides is 1. The molecule has 0 aliphatic heterocycles. The van der Waals surface area contributed by atoms with Gasteiger partial charge in [0, 0.05) is 5.56 Å². The molecule has 0 saturated carbocycles. The molecule has 0 atom stereocenters. The number of benzene rings is 2. The van der Waals surface area contributed by atoms with E-state index in [9.17, 15) is 9.18 Å². The zero-order valence-electron chi connectivity index (χ0n) is 10.5. The lowest BCUT2D eigenvalue weighted by Gasteiger charge is -2.11. The molecule has 0 aromatic heterocycles. The Bertz CT molecular complexity index is 689. The molecule has 6 heteroatoms. The molecule has 0 aliphatic carbocycles. The third kappa shape index (κ3) is 2.86. The van der Waals surface area contributed by atoms with Crippen LogP contribution < -0.4 is 11.1 Å². The molecule has 1 amide bonds. The number of nitrogens with two attached hydrogens (primary N) is 1. The number of rotatable bonds is 2. The van der Waals surface area contributed by atoms with E-state index in [1.165, 1.54) is 12.1 Å². The molecular weight excluding hydrogens is 302 g/mol. The maximum Gasteiger partial charge on any atom is 0.255 e. The van der Waals surface area contributed by atoms with Crippen LogP contribution in [0.3, 0.4) is 0 Å². The summed E-state index contributed by atoms with van der Waals surface area (Å²) in [7, 11) is 0. The van der Waals surface area contributed by atoms with E-state index in [1.807, 2.05) is 0 Å². The van der Waals surface area contributed by atoms with Crippen LogP contribution >= 0.6 is 23.2 Å². The van der Waals surface area contributed by atoms with Crippen molar-refractivity contribution in [3.8, 4) is 0 Å². The van der Waals surface area contributed by atoms with Gasteiger partial charge in [-0.2, -0.15) is 0 Å². The molecular formula is C14H11Cl2FN2O. The van der Waals surface area contributed by atoms with Gasteiger partial charge in [0.2, 0.25) is 0 Å². The minimum Gasteiger partial charge on any atom is -0.396 e. The summed E-state index contributed by atoms with van der Waals surface area (Å²) in [6, 6.07) is 7.10. The van der Waals surface area contributed by atoms with Crippen molar-refractivity contribution in [2.24, 2.45) is 0 Å². The zero-order chi connectivity index (χ0) is 14.9. The molecule has 3 N–H and O–H groups in total. The number of hydrogen-bond donors (Lipinski definition) is 2. The van der Waals surface area contributed by atoms with E-state index in [1.54, 1.807) is 19.1 Å². The predicted octanol–water partition coefficient (Wildman–Crippen LogP) is 4.28. The lowest BCUT2D eigenvalue weighted by Crippen LogP contribution is -2.13. The molecule has 0 heterocycles. The highest BCUT2D eigenvalue weighted by molar-refractivity contribution is 6.40. The SMILES string of the molecule is Cc1ccc(Cl)c(NC(=O)c2ccc(F)c(N)c2)c1Cl. The molecule has 0 unspecified atom stereocenters. The molecule has 2 aromatic carbocycles. The van der Waals surface area contributed by atoms with Crippen LogP contribution in [0.1, 0.15) is 15.9 Å². The van der Waals surface area contributed by atoms with Crippen LogP contribution in [0.15, 0.2) is 30.3 Å². The maximum absolute atomic E-state index is 13.1. The first-order chi connectivity index (χ1) is 9.40. The Kier molecular flexibility index (Phi) is 4.16. The van der Waals surface area contributed by atoms with Crippen LogP contribution in [0.25, 0.3) is 0 Å². The van der Waals surface area contributed by atoms with Crippen molar-refractivity contribution in [3.05, 3.63) is 57.3 Å². The Morgan fingerprint density at radius 1 is 1.25 bits per heavy atom. The Labute approximate surface area is 125 Å². The van der Waals surface area contributed by atoms with Crippen LogP contribution in [-0.4, -0.2) is 5.91 Å². The summed E-state index contributed by atoms with van der Waals surface area (Å²) in [5.74, 6) is -1.04. The average molecular weight is 313 g/mol. The highest BCUT2D eigenvalue weighted by Crippen LogP contribution is 2.33. The van der Waals surface area contributed by atoms with Crippen molar-refractivity contribution in [1.29, 1.82) is 0 Å². The summed E-state index contributed by atoms with van der Waals surface area (Å²) in [6.07, 6.45) is 0. The molecule has 2 aromatic rings. The van der Waals surface area contributed by atoms with Crippen molar-refractivity contribution in [3.63, 3.8) is 0 Å². The first-order valence-electron chi connectivity index (χ1n) is 5.71. The van der Waals surface area contributed by atoms with Gasteiger partial charge in [-0.3, -0.25) is 4.79 Å². The molecule has 3 nitrogen and oxygen atoms in total. The number of anilines is 2. The molecule has 0 bridgehead atoms. The molecule has 2 rings (SSSR count). The third-order valence-corrected chi connectivity index (χ3v) is 3.58. The monoisotopic (exact) mass is 312 g/mol. The van der Waals surface area contributed by atoms with Gasteiger partial charge < -0.3 is 11.1 Å². The van der Waals surface area contributed by atoms with Gasteiger partial charge in [-0.15, -0.1) is 0 Å². The fourth-order valence-corrected chi connectivity index (χ4v) is 2.11. The molecule has 0 radical (unpaired) electrons. The van der Waals surface area contributed by atoms with E-state index < -0.39 is 11.7 Å². The van der Waals surface area contributed by atoms with Gasteiger partial charge in [0.05, 0.1) is 21.4 Å². The van der Waals surface area contributed by atoms with E-state index in [0.717, 1.165) is 11.6 Å². The summed E-state index contributed by atoms with van der Waals surface area (Å²) < 4.78 is 13.1. The summed E-state index contributed by atoms with van der Waals surface area (Å²) in [6.45, 7) is 1.80. The summed E-state index contributed by atoms with van der Waals surface area (Å²) in [5, 5.41) is 3.29. The van der Waals surface area contributed by atoms with Gasteiger partial charge in [-0.25, -0.2) is 4.39 Å². The molecule has 0 aliphatic rings. The Balaban J connectivity index is 2.32. The summed E-state index contributed by atoms with van der Waals surface area (Å²) in [5.41, 5.74) is 6.65. The van der Waals surface area contributed by atoms with E-state index >= 15 is 0 Å². The van der Waals surface area contributed by atoms with Crippen molar-refractivity contribution < 1.29 is 9.18 Å². The van der Waals surface area contributed by atoms with Crippen LogP contribution in [0, 0.1) is 12.7 Å². The number of halogens is 3. The van der Waals surface area contributed by atoms with Crippen molar-refractivity contribution >= 4 is 40.5 Å². The van der Waals surface area contributed by atoms with Crippen molar-refractivity contribution in [2.45, 2.75) is 6.92 Å². The standard InChI is InChI=1S/C14H11Cl2FN2O/c1-7-2-4-9(15)13(12(7)16)19-14(20)8-3-5-10(17)11(18)6-8/h2-6H,18H2,1H3,(H,19,20). The molecule has 0 spiro atoms. The van der Waals surface area contributed by atoms with Gasteiger partial charge in [-0.05, 0) is 36.8 Å². The highest BCUT2D eigenvalue weighted by Gasteiger charge is 2.14. The summed E-state index contributed by atoms with van der Waals surface area (Å²) >= 11 is 12.1. The molecule has 20 heavy (non-hydrogen) atoms.